The van der Waals surface area contributed by atoms with Gasteiger partial charge in [0, 0.05) is 24.7 Å². The van der Waals surface area contributed by atoms with Gasteiger partial charge in [0.15, 0.2) is 11.5 Å². The molecule has 0 spiro atoms. The summed E-state index contributed by atoms with van der Waals surface area (Å²) in [7, 11) is 0. The highest BCUT2D eigenvalue weighted by molar-refractivity contribution is 7.72. The quantitative estimate of drug-likeness (QED) is 0.705. The first-order valence-corrected chi connectivity index (χ1v) is 7.31. The van der Waals surface area contributed by atoms with E-state index in [4.69, 9.17) is 16.6 Å². The maximum Gasteiger partial charge on any atom is 0.197 e. The monoisotopic (exact) mass is 265 g/mol. The van der Waals surface area contributed by atoms with Crippen molar-refractivity contribution in [1.29, 1.82) is 0 Å². The molecule has 0 bridgehead atoms. The Morgan fingerprint density at radius 3 is 2.82 bits per heavy atom. The van der Waals surface area contributed by atoms with Crippen LogP contribution < -0.4 is 4.90 Å². The molecule has 3 rings (SSSR count). The number of aryl methyl sites for hydroxylation is 1. The lowest BCUT2D eigenvalue weighted by Gasteiger charge is -2.27. The molecule has 2 aromatic rings. The van der Waals surface area contributed by atoms with Crippen LogP contribution in [0.1, 0.15) is 24.8 Å². The second kappa shape index (κ2) is 4.42. The molecule has 0 amide bonds. The zero-order valence-corrected chi connectivity index (χ0v) is 11.5. The molecule has 0 aromatic carbocycles. The van der Waals surface area contributed by atoms with E-state index in [9.17, 15) is 0 Å². The van der Waals surface area contributed by atoms with E-state index < -0.39 is 0 Å². The molecule has 0 unspecified atom stereocenters. The summed E-state index contributed by atoms with van der Waals surface area (Å²) in [5.41, 5.74) is 2.16. The average molecular weight is 265 g/mol. The fourth-order valence-electron chi connectivity index (χ4n) is 2.31. The number of nitrogens with zero attached hydrogens (tertiary/aromatic N) is 1. The predicted molar refractivity (Wildman–Crippen MR) is 75.7 cm³/mol. The molecule has 1 aliphatic heterocycles. The molecule has 0 aliphatic carbocycles. The molecule has 2 aromatic heterocycles. The van der Waals surface area contributed by atoms with Crippen LogP contribution in [-0.4, -0.2) is 13.1 Å². The lowest BCUT2D eigenvalue weighted by molar-refractivity contribution is 0.512. The van der Waals surface area contributed by atoms with Gasteiger partial charge in [-0.1, -0.05) is 12.2 Å². The minimum Gasteiger partial charge on any atom is -0.439 e. The van der Waals surface area contributed by atoms with Crippen LogP contribution in [0.5, 0.6) is 0 Å². The number of thiophene rings is 1. The van der Waals surface area contributed by atoms with Crippen molar-refractivity contribution in [2.75, 3.05) is 18.0 Å². The number of piperidine rings is 1. The van der Waals surface area contributed by atoms with Gasteiger partial charge in [-0.2, -0.15) is 0 Å². The smallest absolute Gasteiger partial charge is 0.197 e. The second-order valence-electron chi connectivity index (χ2n) is 4.57. The third-order valence-electron chi connectivity index (χ3n) is 3.27. The minimum absolute atomic E-state index is 0.921. The zero-order chi connectivity index (χ0) is 11.8. The van der Waals surface area contributed by atoms with E-state index in [0.717, 1.165) is 33.8 Å². The summed E-state index contributed by atoms with van der Waals surface area (Å²) in [6, 6.07) is 2.01. The highest BCUT2D eigenvalue weighted by Gasteiger charge is 2.15. The van der Waals surface area contributed by atoms with Crippen LogP contribution in [0.4, 0.5) is 5.88 Å². The normalized spacial score (nSPS) is 16.6. The number of hydrogen-bond donors (Lipinski definition) is 0. The molecule has 1 saturated heterocycles. The van der Waals surface area contributed by atoms with E-state index in [1.54, 1.807) is 11.3 Å². The first-order chi connectivity index (χ1) is 8.25. The summed E-state index contributed by atoms with van der Waals surface area (Å²) in [4.78, 5) is 2.32. The standard InChI is InChI=1S/C13H15NOS2/c1-9-8-17-13-10(16)7-11(15-12(9)13)14-5-3-2-4-6-14/h7-8H,2-6H2,1H3. The summed E-state index contributed by atoms with van der Waals surface area (Å²) in [6.07, 6.45) is 3.84. The molecule has 0 saturated carbocycles. The van der Waals surface area contributed by atoms with Crippen molar-refractivity contribution in [3.05, 3.63) is 21.5 Å². The van der Waals surface area contributed by atoms with Gasteiger partial charge in [-0.05, 0) is 31.6 Å². The van der Waals surface area contributed by atoms with E-state index in [0.29, 0.717) is 0 Å². The Kier molecular flexibility index (Phi) is 2.92. The largest absolute Gasteiger partial charge is 0.439 e. The summed E-state index contributed by atoms with van der Waals surface area (Å²) in [5.74, 6) is 0.948. The first kappa shape index (κ1) is 11.2. The molecule has 90 valence electrons. The number of fused-ring (bicyclic) bond motifs is 1. The van der Waals surface area contributed by atoms with Crippen LogP contribution in [0.15, 0.2) is 15.9 Å². The summed E-state index contributed by atoms with van der Waals surface area (Å²) >= 11 is 7.13. The van der Waals surface area contributed by atoms with Gasteiger partial charge in [0.1, 0.15) is 0 Å². The average Bonchev–Trinajstić information content (AvgIpc) is 2.73. The predicted octanol–water partition coefficient (Wildman–Crippen LogP) is 4.52. The molecule has 4 heteroatoms. The van der Waals surface area contributed by atoms with Gasteiger partial charge in [-0.3, -0.25) is 0 Å². The van der Waals surface area contributed by atoms with Crippen molar-refractivity contribution in [1.82, 2.24) is 0 Å². The molecular weight excluding hydrogens is 250 g/mol. The highest BCUT2D eigenvalue weighted by Crippen LogP contribution is 2.31. The van der Waals surface area contributed by atoms with Crippen LogP contribution in [0, 0.1) is 11.4 Å². The molecule has 1 fully saturated rings. The van der Waals surface area contributed by atoms with E-state index in [-0.39, 0.29) is 0 Å². The Morgan fingerprint density at radius 1 is 1.29 bits per heavy atom. The van der Waals surface area contributed by atoms with Gasteiger partial charge in [-0.15, -0.1) is 11.3 Å². The third kappa shape index (κ3) is 2.00. The minimum atomic E-state index is 0.921. The van der Waals surface area contributed by atoms with Crippen LogP contribution in [0.25, 0.3) is 10.3 Å². The molecule has 17 heavy (non-hydrogen) atoms. The highest BCUT2D eigenvalue weighted by atomic mass is 32.1. The maximum absolute atomic E-state index is 6.02. The fourth-order valence-corrected chi connectivity index (χ4v) is 3.54. The second-order valence-corrected chi connectivity index (χ2v) is 5.89. The topological polar surface area (TPSA) is 16.4 Å². The first-order valence-electron chi connectivity index (χ1n) is 6.02. The molecule has 0 radical (unpaired) electrons. The Bertz CT molecular complexity index is 593. The third-order valence-corrected chi connectivity index (χ3v) is 4.83. The molecule has 3 heterocycles. The summed E-state index contributed by atoms with van der Waals surface area (Å²) in [6.45, 7) is 4.26. The van der Waals surface area contributed by atoms with Gasteiger partial charge >= 0.3 is 0 Å². The van der Waals surface area contributed by atoms with E-state index in [1.807, 2.05) is 6.07 Å². The Labute approximate surface area is 110 Å². The number of rotatable bonds is 1. The molecule has 0 atom stereocenters. The summed E-state index contributed by atoms with van der Waals surface area (Å²) < 4.78 is 8.05. The Morgan fingerprint density at radius 2 is 2.06 bits per heavy atom. The van der Waals surface area contributed by atoms with Gasteiger partial charge in [-0.25, -0.2) is 0 Å². The van der Waals surface area contributed by atoms with Crippen LogP contribution in [-0.2, 0) is 0 Å². The number of anilines is 1. The zero-order valence-electron chi connectivity index (χ0n) is 9.86. The maximum atomic E-state index is 6.02. The lowest BCUT2D eigenvalue weighted by atomic mass is 10.1. The van der Waals surface area contributed by atoms with E-state index >= 15 is 0 Å². The van der Waals surface area contributed by atoms with Crippen molar-refractivity contribution in [2.45, 2.75) is 26.2 Å². The van der Waals surface area contributed by atoms with E-state index in [1.165, 1.54) is 24.8 Å². The molecule has 0 N–H and O–H groups in total. The van der Waals surface area contributed by atoms with Gasteiger partial charge < -0.3 is 9.32 Å². The van der Waals surface area contributed by atoms with Crippen LogP contribution in [0.3, 0.4) is 0 Å². The molecule has 2 nitrogen and oxygen atoms in total. The van der Waals surface area contributed by atoms with Crippen molar-refractivity contribution in [3.63, 3.8) is 0 Å². The molecule has 1 aliphatic rings. The SMILES string of the molecule is Cc1csc2c(=S)cc(N3CCCCC3)oc12. The van der Waals surface area contributed by atoms with Crippen molar-refractivity contribution < 1.29 is 4.42 Å². The van der Waals surface area contributed by atoms with Crippen LogP contribution in [0.2, 0.25) is 0 Å². The van der Waals surface area contributed by atoms with Crippen molar-refractivity contribution in [3.8, 4) is 0 Å². The fraction of sp³-hybridized carbons (Fsp3) is 0.462. The van der Waals surface area contributed by atoms with Gasteiger partial charge in [0.2, 0.25) is 0 Å². The van der Waals surface area contributed by atoms with Crippen molar-refractivity contribution >= 4 is 39.7 Å². The lowest BCUT2D eigenvalue weighted by Crippen LogP contribution is -2.29. The van der Waals surface area contributed by atoms with Gasteiger partial charge in [0.05, 0.1) is 9.21 Å². The Balaban J connectivity index is 2.10. The Hall–Kier alpha value is -0.870. The molecular formula is C13H15NOS2. The van der Waals surface area contributed by atoms with E-state index in [2.05, 4.69) is 17.2 Å². The van der Waals surface area contributed by atoms with Crippen LogP contribution >= 0.6 is 23.6 Å². The van der Waals surface area contributed by atoms with Crippen molar-refractivity contribution in [2.24, 2.45) is 0 Å². The number of hydrogen-bond acceptors (Lipinski definition) is 4. The van der Waals surface area contributed by atoms with Gasteiger partial charge in [0.25, 0.3) is 0 Å². The summed E-state index contributed by atoms with van der Waals surface area (Å²) in [5, 5.41) is 2.12.